The molecule has 10 heteroatoms. The number of fused-ring (bicyclic) bond motifs is 3. The van der Waals surface area contributed by atoms with Crippen LogP contribution < -0.4 is 0 Å². The minimum atomic E-state index is -2.24. The van der Waals surface area contributed by atoms with Crippen LogP contribution >= 0.6 is 0 Å². The van der Waals surface area contributed by atoms with Gasteiger partial charge in [0.1, 0.15) is 22.9 Å². The molecule has 280 valence electrons. The standard InChI is InChI=1S/C40H61NO9/c1-8-11-12-13-14-15-16-17-18-19-30(43)49-39-22-25(5)38-21-24(4)35(48-36(46)31-28(9-2)41-50-29(31)10-3)40(38,47)33(44)26(23-42)20-27(34(38)45)32(39)37(39,6)7/h20-21,25,27,32-35,42,44-45,47H,8-19,22-23H2,1-7H3/t25-,27+,32-,33-,34?,35+,38+,39+,40+/m1/s1. The summed E-state index contributed by atoms with van der Waals surface area (Å²) in [5.74, 6) is -2.19. The Hall–Kier alpha value is -2.53. The van der Waals surface area contributed by atoms with E-state index in [-0.39, 0.29) is 23.0 Å². The highest BCUT2D eigenvalue weighted by Gasteiger charge is 2.83. The summed E-state index contributed by atoms with van der Waals surface area (Å²) in [5, 5.41) is 52.1. The van der Waals surface area contributed by atoms with Crippen LogP contribution in [0.3, 0.4) is 0 Å². The van der Waals surface area contributed by atoms with Crippen molar-refractivity contribution in [1.82, 2.24) is 5.16 Å². The molecule has 4 N–H and O–H groups in total. The van der Waals surface area contributed by atoms with E-state index in [2.05, 4.69) is 12.1 Å². The molecule has 2 fully saturated rings. The number of aliphatic hydroxyl groups is 4. The summed E-state index contributed by atoms with van der Waals surface area (Å²) in [7, 11) is 0. The number of hydrogen-bond acceptors (Lipinski definition) is 10. The Labute approximate surface area is 297 Å². The first-order valence-electron chi connectivity index (χ1n) is 19.2. The van der Waals surface area contributed by atoms with Gasteiger partial charge in [-0.15, -0.1) is 0 Å². The first kappa shape index (κ1) is 38.7. The molecule has 1 aromatic rings. The number of rotatable bonds is 16. The maximum Gasteiger partial charge on any atom is 0.344 e. The van der Waals surface area contributed by atoms with Gasteiger partial charge in [-0.25, -0.2) is 4.79 Å². The van der Waals surface area contributed by atoms with E-state index in [1.165, 1.54) is 38.5 Å². The first-order chi connectivity index (χ1) is 23.7. The zero-order valence-electron chi connectivity index (χ0n) is 31.3. The van der Waals surface area contributed by atoms with Gasteiger partial charge in [-0.3, -0.25) is 4.79 Å². The number of aryl methyl sites for hydroxylation is 2. The zero-order valence-corrected chi connectivity index (χ0v) is 31.3. The van der Waals surface area contributed by atoms with Gasteiger partial charge in [0.2, 0.25) is 0 Å². The molecular formula is C40H61NO9. The monoisotopic (exact) mass is 699 g/mol. The van der Waals surface area contributed by atoms with E-state index in [1.807, 2.05) is 34.6 Å². The van der Waals surface area contributed by atoms with Crippen molar-refractivity contribution in [2.45, 2.75) is 161 Å². The van der Waals surface area contributed by atoms with Gasteiger partial charge in [0.05, 0.1) is 23.8 Å². The van der Waals surface area contributed by atoms with Gasteiger partial charge >= 0.3 is 11.9 Å². The molecule has 5 rings (SSSR count). The molecule has 2 bridgehead atoms. The second-order valence-electron chi connectivity index (χ2n) is 16.1. The van der Waals surface area contributed by atoms with Crippen molar-refractivity contribution in [3.8, 4) is 0 Å². The van der Waals surface area contributed by atoms with Crippen LogP contribution in [-0.4, -0.2) is 73.6 Å². The molecule has 9 atom stereocenters. The molecule has 1 unspecified atom stereocenters. The number of nitrogens with zero attached hydrogens (tertiary/aromatic N) is 1. The second kappa shape index (κ2) is 14.8. The highest BCUT2D eigenvalue weighted by Crippen LogP contribution is 2.76. The van der Waals surface area contributed by atoms with Crippen LogP contribution in [-0.2, 0) is 27.1 Å². The predicted octanol–water partition coefficient (Wildman–Crippen LogP) is 6.17. The van der Waals surface area contributed by atoms with Crippen molar-refractivity contribution in [2.75, 3.05) is 6.61 Å². The Morgan fingerprint density at radius 2 is 1.64 bits per heavy atom. The van der Waals surface area contributed by atoms with Crippen LogP contribution in [0.25, 0.3) is 0 Å². The molecule has 0 saturated heterocycles. The third kappa shape index (κ3) is 6.00. The van der Waals surface area contributed by atoms with Gasteiger partial charge in [0.25, 0.3) is 0 Å². The van der Waals surface area contributed by atoms with Crippen LogP contribution in [0.4, 0.5) is 0 Å². The lowest BCUT2D eigenvalue weighted by Gasteiger charge is -2.52. The molecule has 4 aliphatic carbocycles. The number of hydrogen-bond donors (Lipinski definition) is 4. The second-order valence-corrected chi connectivity index (χ2v) is 16.1. The van der Waals surface area contributed by atoms with E-state index >= 15 is 0 Å². The van der Waals surface area contributed by atoms with Crippen molar-refractivity contribution in [1.29, 1.82) is 0 Å². The summed E-state index contributed by atoms with van der Waals surface area (Å²) in [6.45, 7) is 13.0. The average molecular weight is 700 g/mol. The Kier molecular flexibility index (Phi) is 11.5. The van der Waals surface area contributed by atoms with E-state index in [0.717, 1.165) is 19.3 Å². The molecule has 1 aromatic heterocycles. The lowest BCUT2D eigenvalue weighted by molar-refractivity contribution is -0.217. The van der Waals surface area contributed by atoms with E-state index in [1.54, 1.807) is 19.1 Å². The maximum atomic E-state index is 13.8. The zero-order chi connectivity index (χ0) is 36.6. The fraction of sp³-hybridized carbons (Fsp3) is 0.775. The van der Waals surface area contributed by atoms with Crippen LogP contribution in [0.2, 0.25) is 0 Å². The fourth-order valence-electron chi connectivity index (χ4n) is 10.3. The lowest BCUT2D eigenvalue weighted by atomic mass is 9.58. The fourth-order valence-corrected chi connectivity index (χ4v) is 10.3. The van der Waals surface area contributed by atoms with E-state index < -0.39 is 64.8 Å². The Balaban J connectivity index is 1.42. The minimum absolute atomic E-state index is 0.128. The van der Waals surface area contributed by atoms with Crippen LogP contribution in [0.15, 0.2) is 27.8 Å². The Bertz CT molecular complexity index is 1440. The summed E-state index contributed by atoms with van der Waals surface area (Å²) in [4.78, 5) is 27.3. The third-order valence-corrected chi connectivity index (χ3v) is 13.0. The summed E-state index contributed by atoms with van der Waals surface area (Å²) < 4.78 is 18.0. The summed E-state index contributed by atoms with van der Waals surface area (Å²) in [6, 6.07) is 0. The molecule has 1 heterocycles. The van der Waals surface area contributed by atoms with Crippen LogP contribution in [0.1, 0.15) is 141 Å². The first-order valence-corrected chi connectivity index (χ1v) is 19.2. The quantitative estimate of drug-likeness (QED) is 0.0893. The highest BCUT2D eigenvalue weighted by molar-refractivity contribution is 5.92. The molecule has 4 aliphatic rings. The number of carbonyl (C=O) groups excluding carboxylic acids is 2. The number of carbonyl (C=O) groups is 2. The molecule has 0 amide bonds. The molecule has 2 saturated carbocycles. The Morgan fingerprint density at radius 1 is 1.00 bits per heavy atom. The SMILES string of the molecule is CCCCCCCCCCCC(=O)O[C@@]12C[C@@H](C)[C@]34C=C(C)[C@H](OC(=O)c5c(CC)noc5CC)[C@@]3(O)[C@H](O)C(CO)=C[C@H](C4O)[C@@H]1C2(C)C. The molecule has 0 radical (unpaired) electrons. The van der Waals surface area contributed by atoms with Crippen LogP contribution in [0, 0.1) is 28.6 Å². The highest BCUT2D eigenvalue weighted by atomic mass is 16.6. The molecule has 50 heavy (non-hydrogen) atoms. The molecule has 0 aliphatic heterocycles. The molecule has 0 aromatic carbocycles. The van der Waals surface area contributed by atoms with Crippen molar-refractivity contribution < 1.29 is 44.0 Å². The van der Waals surface area contributed by atoms with Gasteiger partial charge in [-0.1, -0.05) is 110 Å². The predicted molar refractivity (Wildman–Crippen MR) is 188 cm³/mol. The van der Waals surface area contributed by atoms with Gasteiger partial charge in [-0.2, -0.15) is 0 Å². The van der Waals surface area contributed by atoms with Crippen LogP contribution in [0.5, 0.6) is 0 Å². The van der Waals surface area contributed by atoms with E-state index in [0.29, 0.717) is 42.7 Å². The minimum Gasteiger partial charge on any atom is -0.458 e. The van der Waals surface area contributed by atoms with Gasteiger partial charge in [0.15, 0.2) is 11.9 Å². The normalized spacial score (nSPS) is 35.3. The lowest BCUT2D eigenvalue weighted by Crippen LogP contribution is -2.67. The summed E-state index contributed by atoms with van der Waals surface area (Å²) >= 11 is 0. The smallest absolute Gasteiger partial charge is 0.344 e. The summed E-state index contributed by atoms with van der Waals surface area (Å²) in [5.41, 5.74) is -3.96. The van der Waals surface area contributed by atoms with Crippen molar-refractivity contribution >= 4 is 11.9 Å². The maximum absolute atomic E-state index is 13.8. The van der Waals surface area contributed by atoms with Crippen molar-refractivity contribution in [3.05, 3.63) is 40.3 Å². The van der Waals surface area contributed by atoms with Gasteiger partial charge < -0.3 is 34.4 Å². The van der Waals surface area contributed by atoms with Gasteiger partial charge in [-0.05, 0) is 43.3 Å². The third-order valence-electron chi connectivity index (χ3n) is 13.0. The number of aromatic nitrogens is 1. The number of unbranched alkanes of at least 4 members (excludes halogenated alkanes) is 8. The molecular weight excluding hydrogens is 638 g/mol. The van der Waals surface area contributed by atoms with Gasteiger partial charge in [0, 0.05) is 30.1 Å². The van der Waals surface area contributed by atoms with Crippen molar-refractivity contribution in [3.63, 3.8) is 0 Å². The van der Waals surface area contributed by atoms with E-state index in [9.17, 15) is 30.0 Å². The summed E-state index contributed by atoms with van der Waals surface area (Å²) in [6.07, 6.45) is 10.9. The molecule has 1 spiro atoms. The van der Waals surface area contributed by atoms with Crippen molar-refractivity contribution in [2.24, 2.45) is 28.6 Å². The Morgan fingerprint density at radius 3 is 2.24 bits per heavy atom. The topological polar surface area (TPSA) is 160 Å². The largest absolute Gasteiger partial charge is 0.458 e. The average Bonchev–Trinajstić information content (AvgIpc) is 3.32. The number of ether oxygens (including phenoxy) is 2. The van der Waals surface area contributed by atoms with E-state index in [4.69, 9.17) is 14.0 Å². The molecule has 10 nitrogen and oxygen atoms in total. The number of esters is 2. The number of aliphatic hydroxyl groups excluding tert-OH is 3.